The van der Waals surface area contributed by atoms with Crippen LogP contribution in [0.5, 0.6) is 0 Å². The van der Waals surface area contributed by atoms with E-state index in [2.05, 4.69) is 46.2 Å². The topological polar surface area (TPSA) is 68.8 Å². The number of anilines is 2. The van der Waals surface area contributed by atoms with Gasteiger partial charge in [0.05, 0.1) is 5.69 Å². The molecule has 6 nitrogen and oxygen atoms in total. The lowest BCUT2D eigenvalue weighted by Gasteiger charge is -2.26. The minimum atomic E-state index is -0.199. The molecule has 2 heterocycles. The number of carbonyl (C=O) groups excluding carboxylic acids is 1. The molecule has 29 heavy (non-hydrogen) atoms. The van der Waals surface area contributed by atoms with Gasteiger partial charge in [0.15, 0.2) is 0 Å². The maximum atomic E-state index is 12.7. The van der Waals surface area contributed by atoms with Gasteiger partial charge in [-0.2, -0.15) is 5.10 Å². The van der Waals surface area contributed by atoms with E-state index in [9.17, 15) is 4.79 Å². The average Bonchev–Trinajstić information content (AvgIpc) is 3.19. The Labute approximate surface area is 172 Å². The van der Waals surface area contributed by atoms with Crippen LogP contribution >= 0.6 is 0 Å². The molecule has 0 radical (unpaired) electrons. The first-order valence-corrected chi connectivity index (χ1v) is 10.4. The highest BCUT2D eigenvalue weighted by Gasteiger charge is 2.24. The molecule has 1 saturated heterocycles. The Bertz CT molecular complexity index is 858. The lowest BCUT2D eigenvalue weighted by molar-refractivity contribution is 0.248. The van der Waals surface area contributed by atoms with Gasteiger partial charge in [0, 0.05) is 18.3 Å². The van der Waals surface area contributed by atoms with Crippen LogP contribution in [0.15, 0.2) is 53.6 Å². The minimum Gasteiger partial charge on any atom is -0.317 e. The number of nitrogens with zero attached hydrogens (tertiary/aromatic N) is 2. The van der Waals surface area contributed by atoms with Crippen LogP contribution in [0.1, 0.15) is 30.4 Å². The zero-order valence-electron chi connectivity index (χ0n) is 16.9. The van der Waals surface area contributed by atoms with Crippen molar-refractivity contribution in [1.82, 2.24) is 10.6 Å². The van der Waals surface area contributed by atoms with E-state index >= 15 is 0 Å². The Morgan fingerprint density at radius 3 is 2.69 bits per heavy atom. The van der Waals surface area contributed by atoms with Gasteiger partial charge >= 0.3 is 6.03 Å². The summed E-state index contributed by atoms with van der Waals surface area (Å²) in [5, 5.41) is 15.8. The predicted octanol–water partition coefficient (Wildman–Crippen LogP) is 3.88. The van der Waals surface area contributed by atoms with Crippen LogP contribution in [0.2, 0.25) is 0 Å². The highest BCUT2D eigenvalue weighted by molar-refractivity contribution is 5.91. The largest absolute Gasteiger partial charge is 0.320 e. The molecule has 2 aromatic carbocycles. The van der Waals surface area contributed by atoms with E-state index in [1.54, 1.807) is 0 Å². The van der Waals surface area contributed by atoms with Gasteiger partial charge < -0.3 is 16.0 Å². The second kappa shape index (κ2) is 9.09. The summed E-state index contributed by atoms with van der Waals surface area (Å²) in [6, 6.07) is 16.1. The van der Waals surface area contributed by atoms with E-state index < -0.39 is 0 Å². The summed E-state index contributed by atoms with van der Waals surface area (Å²) in [7, 11) is 0. The summed E-state index contributed by atoms with van der Waals surface area (Å²) in [6.45, 7) is 4.22. The predicted molar refractivity (Wildman–Crippen MR) is 118 cm³/mol. The fourth-order valence-corrected chi connectivity index (χ4v) is 4.01. The van der Waals surface area contributed by atoms with Gasteiger partial charge in [-0.05, 0) is 69.0 Å². The Morgan fingerprint density at radius 2 is 1.90 bits per heavy atom. The van der Waals surface area contributed by atoms with Crippen molar-refractivity contribution in [3.63, 3.8) is 0 Å². The third-order valence-corrected chi connectivity index (χ3v) is 5.66. The number of hydrogen-bond donors (Lipinski definition) is 3. The first-order chi connectivity index (χ1) is 14.2. The number of rotatable bonds is 5. The zero-order chi connectivity index (χ0) is 20.1. The van der Waals surface area contributed by atoms with Crippen LogP contribution in [-0.2, 0) is 6.42 Å². The van der Waals surface area contributed by atoms with Crippen molar-refractivity contribution in [2.45, 2.75) is 38.8 Å². The smallest absolute Gasteiger partial charge is 0.317 e. The fourth-order valence-electron chi connectivity index (χ4n) is 4.01. The van der Waals surface area contributed by atoms with Crippen molar-refractivity contribution in [3.05, 3.63) is 59.7 Å². The first-order valence-electron chi connectivity index (χ1n) is 10.4. The van der Waals surface area contributed by atoms with Crippen LogP contribution in [0.25, 0.3) is 0 Å². The van der Waals surface area contributed by atoms with Gasteiger partial charge in [0.1, 0.15) is 6.17 Å². The lowest BCUT2D eigenvalue weighted by atomic mass is 9.90. The van der Waals surface area contributed by atoms with E-state index in [-0.39, 0.29) is 12.2 Å². The molecule has 152 valence electrons. The Balaban J connectivity index is 1.39. The van der Waals surface area contributed by atoms with E-state index in [4.69, 9.17) is 0 Å². The molecule has 4 rings (SSSR count). The molecule has 0 saturated carbocycles. The number of carbonyl (C=O) groups is 1. The molecule has 1 atom stereocenters. The van der Waals surface area contributed by atoms with E-state index in [1.807, 2.05) is 41.6 Å². The molecule has 2 amide bonds. The van der Waals surface area contributed by atoms with Crippen molar-refractivity contribution in [2.75, 3.05) is 23.4 Å². The highest BCUT2D eigenvalue weighted by Crippen LogP contribution is 2.24. The third-order valence-electron chi connectivity index (χ3n) is 5.66. The second-order valence-electron chi connectivity index (χ2n) is 7.88. The first kappa shape index (κ1) is 19.5. The summed E-state index contributed by atoms with van der Waals surface area (Å²) in [6.07, 6.45) is 5.71. The van der Waals surface area contributed by atoms with Crippen molar-refractivity contribution in [1.29, 1.82) is 0 Å². The second-order valence-corrected chi connectivity index (χ2v) is 7.88. The standard InChI is InChI=1S/C23H29N5O/c1-17-6-8-20(9-7-17)28-22(12-15-25-28)27-23(29)26-21-5-3-2-4-19(21)16-18-10-13-24-14-11-18/h2-9,15,18,22,24H,10-14,16H2,1H3,(H2,26,27,29). The number of para-hydroxylation sites is 1. The molecule has 0 bridgehead atoms. The van der Waals surface area contributed by atoms with Crippen molar-refractivity contribution in [3.8, 4) is 0 Å². The van der Waals surface area contributed by atoms with Crippen LogP contribution in [-0.4, -0.2) is 31.5 Å². The number of nitrogens with one attached hydrogen (secondary N) is 3. The number of hydrogen-bond acceptors (Lipinski definition) is 4. The summed E-state index contributed by atoms with van der Waals surface area (Å²) in [5.41, 5.74) is 4.27. The number of piperidine rings is 1. The van der Waals surface area contributed by atoms with Crippen LogP contribution < -0.4 is 21.0 Å². The maximum Gasteiger partial charge on any atom is 0.320 e. The van der Waals surface area contributed by atoms with Gasteiger partial charge in [-0.1, -0.05) is 35.9 Å². The summed E-state index contributed by atoms with van der Waals surface area (Å²) < 4.78 is 0. The van der Waals surface area contributed by atoms with Crippen molar-refractivity contribution in [2.24, 2.45) is 11.0 Å². The zero-order valence-corrected chi connectivity index (χ0v) is 16.9. The molecule has 1 unspecified atom stereocenters. The molecule has 2 aliphatic heterocycles. The molecule has 6 heteroatoms. The van der Waals surface area contributed by atoms with Crippen molar-refractivity contribution >= 4 is 23.6 Å². The SMILES string of the molecule is Cc1ccc(N2N=CCC2NC(=O)Nc2ccccc2CC2CCNCC2)cc1. The molecular formula is C23H29N5O. The van der Waals surface area contributed by atoms with Gasteiger partial charge in [0.2, 0.25) is 0 Å². The number of urea groups is 1. The Kier molecular flexibility index (Phi) is 6.10. The number of amides is 2. The van der Waals surface area contributed by atoms with E-state index in [0.717, 1.165) is 30.9 Å². The van der Waals surface area contributed by atoms with Crippen LogP contribution in [0.3, 0.4) is 0 Å². The van der Waals surface area contributed by atoms with Crippen LogP contribution in [0.4, 0.5) is 16.2 Å². The van der Waals surface area contributed by atoms with E-state index in [0.29, 0.717) is 12.3 Å². The monoisotopic (exact) mass is 391 g/mol. The molecule has 2 aromatic rings. The fraction of sp³-hybridized carbons (Fsp3) is 0.391. The quantitative estimate of drug-likeness (QED) is 0.724. The summed E-state index contributed by atoms with van der Waals surface area (Å²) in [5.74, 6) is 0.669. The number of hydrazone groups is 1. The lowest BCUT2D eigenvalue weighted by Crippen LogP contribution is -2.45. The Hall–Kier alpha value is -2.86. The summed E-state index contributed by atoms with van der Waals surface area (Å²) in [4.78, 5) is 12.7. The molecule has 0 spiro atoms. The van der Waals surface area contributed by atoms with Gasteiger partial charge in [-0.3, -0.25) is 0 Å². The Morgan fingerprint density at radius 1 is 1.14 bits per heavy atom. The maximum absolute atomic E-state index is 12.7. The van der Waals surface area contributed by atoms with Gasteiger partial charge in [-0.25, -0.2) is 9.80 Å². The highest BCUT2D eigenvalue weighted by atomic mass is 16.2. The third kappa shape index (κ3) is 4.95. The van der Waals surface area contributed by atoms with E-state index in [1.165, 1.54) is 24.0 Å². The molecule has 1 fully saturated rings. The van der Waals surface area contributed by atoms with Crippen LogP contribution in [0, 0.1) is 12.8 Å². The minimum absolute atomic E-state index is 0.186. The van der Waals surface area contributed by atoms with Gasteiger partial charge in [-0.15, -0.1) is 0 Å². The normalized spacial score (nSPS) is 19.3. The average molecular weight is 392 g/mol. The molecule has 0 aliphatic carbocycles. The number of aryl methyl sites for hydroxylation is 1. The molecule has 2 aliphatic rings. The van der Waals surface area contributed by atoms with Gasteiger partial charge in [0.25, 0.3) is 0 Å². The molecular weight excluding hydrogens is 362 g/mol. The summed E-state index contributed by atoms with van der Waals surface area (Å²) >= 11 is 0. The van der Waals surface area contributed by atoms with Crippen molar-refractivity contribution < 1.29 is 4.79 Å². The molecule has 3 N–H and O–H groups in total. The number of benzene rings is 2. The molecule has 0 aromatic heterocycles.